The lowest BCUT2D eigenvalue weighted by atomic mass is 9.49. The molecule has 4 aliphatic rings. The fraction of sp³-hybridized carbons (Fsp3) is 0.542. The van der Waals surface area contributed by atoms with Crippen LogP contribution >= 0.6 is 11.8 Å². The Hall–Kier alpha value is -2.68. The van der Waals surface area contributed by atoms with E-state index < -0.39 is 4.92 Å². The zero-order valence-corrected chi connectivity index (χ0v) is 19.4. The summed E-state index contributed by atoms with van der Waals surface area (Å²) in [6.07, 6.45) is 10.9. The molecule has 1 amide bonds. The zero-order valence-electron chi connectivity index (χ0n) is 18.6. The van der Waals surface area contributed by atoms with Gasteiger partial charge in [-0.05, 0) is 67.8 Å². The number of nitrogens with one attached hydrogen (secondary N) is 1. The van der Waals surface area contributed by atoms with E-state index in [2.05, 4.69) is 26.7 Å². The molecule has 0 spiro atoms. The average molecular weight is 468 g/mol. The Kier molecular flexibility index (Phi) is 5.99. The van der Waals surface area contributed by atoms with Gasteiger partial charge in [-0.2, -0.15) is 0 Å². The van der Waals surface area contributed by atoms with Gasteiger partial charge in [-0.25, -0.2) is 0 Å². The Morgan fingerprint density at radius 3 is 2.52 bits per heavy atom. The summed E-state index contributed by atoms with van der Waals surface area (Å²) < 4.78 is 2.08. The van der Waals surface area contributed by atoms with Crippen LogP contribution in [0.15, 0.2) is 42.1 Å². The summed E-state index contributed by atoms with van der Waals surface area (Å²) in [5.41, 5.74) is 0.429. The van der Waals surface area contributed by atoms with Gasteiger partial charge in [0, 0.05) is 19.0 Å². The first-order valence-electron chi connectivity index (χ1n) is 11.6. The molecule has 9 heteroatoms. The van der Waals surface area contributed by atoms with Gasteiger partial charge in [0.25, 0.3) is 5.69 Å². The van der Waals surface area contributed by atoms with Gasteiger partial charge in [-0.1, -0.05) is 30.0 Å². The third-order valence-electron chi connectivity index (χ3n) is 7.51. The van der Waals surface area contributed by atoms with E-state index in [1.807, 2.05) is 6.08 Å². The Labute approximate surface area is 197 Å². The van der Waals surface area contributed by atoms with Crippen LogP contribution in [0.3, 0.4) is 0 Å². The summed E-state index contributed by atoms with van der Waals surface area (Å²) in [5, 5.41) is 23.4. The van der Waals surface area contributed by atoms with Gasteiger partial charge in [0.05, 0.1) is 10.7 Å². The SMILES string of the molecule is C=CCn1c(CC23CC4CC(CC(C4)C2)C3)nnc1SCC(=O)Nc1ccccc1[N+](=O)[O-]. The molecule has 0 saturated heterocycles. The third-order valence-corrected chi connectivity index (χ3v) is 8.48. The van der Waals surface area contributed by atoms with Crippen LogP contribution in [-0.2, 0) is 17.8 Å². The van der Waals surface area contributed by atoms with E-state index in [0.29, 0.717) is 17.1 Å². The van der Waals surface area contributed by atoms with Crippen LogP contribution in [0.1, 0.15) is 44.3 Å². The standard InChI is InChI=1S/C24H29N5O3S/c1-2-7-28-21(14-24-11-16-8-17(12-24)10-18(9-16)13-24)26-27-23(28)33-15-22(30)25-19-5-3-4-6-20(19)29(31)32/h2-6,16-18H,1,7-15H2,(H,25,30). The lowest BCUT2D eigenvalue weighted by Gasteiger charge is -2.56. The Morgan fingerprint density at radius 1 is 1.21 bits per heavy atom. The third kappa shape index (κ3) is 4.55. The van der Waals surface area contributed by atoms with Gasteiger partial charge < -0.3 is 9.88 Å². The number of carbonyl (C=O) groups excluding carboxylic acids is 1. The fourth-order valence-corrected chi connectivity index (χ4v) is 7.53. The van der Waals surface area contributed by atoms with Gasteiger partial charge in [0.15, 0.2) is 5.16 Å². The molecule has 174 valence electrons. The second-order valence-corrected chi connectivity index (χ2v) is 10.9. The maximum absolute atomic E-state index is 12.5. The first-order valence-corrected chi connectivity index (χ1v) is 12.6. The number of aromatic nitrogens is 3. The molecule has 4 bridgehead atoms. The number of carbonyl (C=O) groups is 1. The van der Waals surface area contributed by atoms with Gasteiger partial charge in [0.2, 0.25) is 5.91 Å². The molecule has 0 radical (unpaired) electrons. The van der Waals surface area contributed by atoms with Gasteiger partial charge >= 0.3 is 0 Å². The van der Waals surface area contributed by atoms with Crippen molar-refractivity contribution in [2.24, 2.45) is 23.2 Å². The minimum atomic E-state index is -0.500. The predicted molar refractivity (Wildman–Crippen MR) is 127 cm³/mol. The monoisotopic (exact) mass is 467 g/mol. The summed E-state index contributed by atoms with van der Waals surface area (Å²) in [7, 11) is 0. The number of para-hydroxylation sites is 2. The van der Waals surface area contributed by atoms with Crippen molar-refractivity contribution < 1.29 is 9.72 Å². The Morgan fingerprint density at radius 2 is 1.88 bits per heavy atom. The van der Waals surface area contributed by atoms with Crippen LogP contribution in [0, 0.1) is 33.3 Å². The number of benzene rings is 1. The maximum Gasteiger partial charge on any atom is 0.292 e. The molecule has 1 N–H and O–H groups in total. The summed E-state index contributed by atoms with van der Waals surface area (Å²) in [4.78, 5) is 23.2. The minimum absolute atomic E-state index is 0.0959. The number of thioether (sulfide) groups is 1. The van der Waals surface area contributed by atoms with Gasteiger partial charge in [-0.15, -0.1) is 16.8 Å². The summed E-state index contributed by atoms with van der Waals surface area (Å²) in [6, 6.07) is 6.14. The van der Waals surface area contributed by atoms with Gasteiger partial charge in [0.1, 0.15) is 11.5 Å². The first kappa shape index (κ1) is 22.1. The molecular weight excluding hydrogens is 438 g/mol. The van der Waals surface area contributed by atoms with E-state index in [9.17, 15) is 14.9 Å². The Bertz CT molecular complexity index is 1050. The van der Waals surface area contributed by atoms with Crippen molar-refractivity contribution in [2.45, 2.75) is 56.6 Å². The molecule has 0 unspecified atom stereocenters. The molecule has 1 heterocycles. The van der Waals surface area contributed by atoms with Crippen molar-refractivity contribution in [3.05, 3.63) is 52.9 Å². The number of nitro benzene ring substituents is 1. The molecule has 4 fully saturated rings. The molecule has 8 nitrogen and oxygen atoms in total. The number of rotatable bonds is 9. The molecule has 1 aromatic heterocycles. The number of nitro groups is 1. The largest absolute Gasteiger partial charge is 0.320 e. The molecule has 0 atom stereocenters. The molecule has 4 saturated carbocycles. The van der Waals surface area contributed by atoms with E-state index in [4.69, 9.17) is 0 Å². The van der Waals surface area contributed by atoms with Crippen LogP contribution in [0.2, 0.25) is 0 Å². The van der Waals surface area contributed by atoms with Crippen LogP contribution < -0.4 is 5.32 Å². The lowest BCUT2D eigenvalue weighted by Crippen LogP contribution is -2.47. The van der Waals surface area contributed by atoms with E-state index in [1.165, 1.54) is 62.4 Å². The van der Waals surface area contributed by atoms with E-state index >= 15 is 0 Å². The molecular formula is C24H29N5O3S. The van der Waals surface area contributed by atoms with Crippen LogP contribution in [0.5, 0.6) is 0 Å². The minimum Gasteiger partial charge on any atom is -0.320 e. The van der Waals surface area contributed by atoms with Crippen molar-refractivity contribution >= 4 is 29.0 Å². The number of hydrogen-bond acceptors (Lipinski definition) is 6. The topological polar surface area (TPSA) is 103 Å². The number of hydrogen-bond donors (Lipinski definition) is 1. The highest BCUT2D eigenvalue weighted by Gasteiger charge is 2.51. The maximum atomic E-state index is 12.5. The number of nitrogens with zero attached hydrogens (tertiary/aromatic N) is 4. The molecule has 0 aliphatic heterocycles. The van der Waals surface area contributed by atoms with Crippen molar-refractivity contribution in [1.82, 2.24) is 14.8 Å². The summed E-state index contributed by atoms with van der Waals surface area (Å²) in [5.74, 6) is 3.41. The zero-order chi connectivity index (χ0) is 23.0. The molecule has 6 rings (SSSR count). The number of allylic oxidation sites excluding steroid dienone is 1. The lowest BCUT2D eigenvalue weighted by molar-refractivity contribution is -0.383. The normalized spacial score (nSPS) is 27.5. The predicted octanol–water partition coefficient (Wildman–Crippen LogP) is 4.86. The fourth-order valence-electron chi connectivity index (χ4n) is 6.77. The summed E-state index contributed by atoms with van der Waals surface area (Å²) in [6.45, 7) is 4.49. The molecule has 1 aromatic carbocycles. The van der Waals surface area contributed by atoms with Crippen LogP contribution in [0.25, 0.3) is 0 Å². The quantitative estimate of drug-likeness (QED) is 0.244. The number of anilines is 1. The molecule has 33 heavy (non-hydrogen) atoms. The second kappa shape index (κ2) is 8.93. The van der Waals surface area contributed by atoms with Gasteiger partial charge in [-0.3, -0.25) is 14.9 Å². The van der Waals surface area contributed by atoms with Crippen molar-refractivity contribution in [1.29, 1.82) is 0 Å². The van der Waals surface area contributed by atoms with Crippen molar-refractivity contribution in [3.8, 4) is 0 Å². The summed E-state index contributed by atoms with van der Waals surface area (Å²) >= 11 is 1.30. The highest BCUT2D eigenvalue weighted by Crippen LogP contribution is 2.61. The van der Waals surface area contributed by atoms with Crippen LogP contribution in [-0.4, -0.2) is 31.3 Å². The van der Waals surface area contributed by atoms with Crippen LogP contribution in [0.4, 0.5) is 11.4 Å². The van der Waals surface area contributed by atoms with Crippen molar-refractivity contribution in [2.75, 3.05) is 11.1 Å². The molecule has 4 aliphatic carbocycles. The van der Waals surface area contributed by atoms with E-state index in [0.717, 1.165) is 30.0 Å². The van der Waals surface area contributed by atoms with Crippen molar-refractivity contribution in [3.63, 3.8) is 0 Å². The van der Waals surface area contributed by atoms with E-state index in [1.54, 1.807) is 12.1 Å². The Balaban J connectivity index is 1.27. The second-order valence-electron chi connectivity index (χ2n) is 10.0. The highest BCUT2D eigenvalue weighted by atomic mass is 32.2. The number of amides is 1. The first-order chi connectivity index (χ1) is 15.9. The smallest absolute Gasteiger partial charge is 0.292 e. The average Bonchev–Trinajstić information content (AvgIpc) is 3.12. The molecule has 2 aromatic rings. The van der Waals surface area contributed by atoms with E-state index in [-0.39, 0.29) is 23.0 Å². The highest BCUT2D eigenvalue weighted by molar-refractivity contribution is 7.99.